The van der Waals surface area contributed by atoms with Crippen molar-refractivity contribution >= 4 is 17.5 Å². The number of carbonyl (C=O) groups is 1. The topological polar surface area (TPSA) is 89.5 Å². The van der Waals surface area contributed by atoms with Crippen LogP contribution >= 0.6 is 11.6 Å². The van der Waals surface area contributed by atoms with Gasteiger partial charge in [0.05, 0.1) is 43.1 Å². The Morgan fingerprint density at radius 1 is 1.26 bits per heavy atom. The first-order chi connectivity index (χ1) is 15.1. The van der Waals surface area contributed by atoms with Crippen LogP contribution in [0.1, 0.15) is 36.0 Å². The fraction of sp³-hybridized carbons (Fsp3) is 0.682. The van der Waals surface area contributed by atoms with Crippen molar-refractivity contribution in [3.05, 3.63) is 16.7 Å². The number of rotatable bonds is 6. The van der Waals surface area contributed by atoms with Gasteiger partial charge in [-0.2, -0.15) is 0 Å². The van der Waals surface area contributed by atoms with Crippen molar-refractivity contribution in [2.75, 3.05) is 53.1 Å². The average Bonchev–Trinajstić information content (AvgIpc) is 3.14. The highest BCUT2D eigenvalue weighted by atomic mass is 35.5. The first-order valence-electron chi connectivity index (χ1n) is 11.0. The Hall–Kier alpha value is -1.74. The SMILES string of the molecule is COc1c(Cl)cc(C(=O)NC[C@@H]2CCN(CC3CCCO3)CC2O)c2c1OCCCO2. The number of methoxy groups -OCH3 is 1. The molecule has 31 heavy (non-hydrogen) atoms. The van der Waals surface area contributed by atoms with E-state index in [1.807, 2.05) is 0 Å². The fourth-order valence-electron chi connectivity index (χ4n) is 4.48. The van der Waals surface area contributed by atoms with E-state index in [9.17, 15) is 9.90 Å². The lowest BCUT2D eigenvalue weighted by Gasteiger charge is -2.37. The minimum atomic E-state index is -0.494. The van der Waals surface area contributed by atoms with Crippen molar-refractivity contribution in [3.63, 3.8) is 0 Å². The molecule has 0 radical (unpaired) electrons. The number of nitrogens with one attached hydrogen (secondary N) is 1. The number of aliphatic hydroxyl groups is 1. The minimum Gasteiger partial charge on any atom is -0.491 e. The smallest absolute Gasteiger partial charge is 0.255 e. The van der Waals surface area contributed by atoms with Crippen LogP contribution in [0.3, 0.4) is 0 Å². The van der Waals surface area contributed by atoms with Gasteiger partial charge in [0.2, 0.25) is 5.75 Å². The summed E-state index contributed by atoms with van der Waals surface area (Å²) in [5, 5.41) is 13.9. The van der Waals surface area contributed by atoms with Gasteiger partial charge in [-0.15, -0.1) is 0 Å². The standard InChI is InChI=1S/C22H31ClN2O6/c1-28-20-17(23)10-16(19-21(20)31-9-3-8-30-19)22(27)24-11-14-5-6-25(13-18(14)26)12-15-4-2-7-29-15/h10,14-15,18,26H,2-9,11-13H2,1H3,(H,24,27)/t14-,15?,18?/m0/s1. The van der Waals surface area contributed by atoms with Crippen molar-refractivity contribution in [3.8, 4) is 17.2 Å². The van der Waals surface area contributed by atoms with Crippen molar-refractivity contribution < 1.29 is 28.8 Å². The largest absolute Gasteiger partial charge is 0.491 e. The van der Waals surface area contributed by atoms with Crippen molar-refractivity contribution in [2.24, 2.45) is 5.92 Å². The Bertz CT molecular complexity index is 786. The number of fused-ring (bicyclic) bond motifs is 1. The summed E-state index contributed by atoms with van der Waals surface area (Å²) in [5.41, 5.74) is 0.313. The quantitative estimate of drug-likeness (QED) is 0.680. The molecule has 8 nitrogen and oxygen atoms in total. The number of amides is 1. The molecular weight excluding hydrogens is 424 g/mol. The molecule has 2 unspecified atom stereocenters. The number of likely N-dealkylation sites (tertiary alicyclic amines) is 1. The molecule has 9 heteroatoms. The predicted octanol–water partition coefficient (Wildman–Crippen LogP) is 2.10. The number of halogens is 1. The molecule has 172 valence electrons. The fourth-order valence-corrected chi connectivity index (χ4v) is 4.75. The third-order valence-corrected chi connectivity index (χ3v) is 6.47. The zero-order valence-corrected chi connectivity index (χ0v) is 18.7. The minimum absolute atomic E-state index is 0.00538. The van der Waals surface area contributed by atoms with E-state index in [1.165, 1.54) is 7.11 Å². The highest BCUT2D eigenvalue weighted by molar-refractivity contribution is 6.33. The number of β-amino-alcohol motifs (C(OH)–C–C–N with tert-alkyl or cyclic N) is 1. The molecule has 2 N–H and O–H groups in total. The molecule has 3 aliphatic heterocycles. The van der Waals surface area contributed by atoms with Gasteiger partial charge in [-0.3, -0.25) is 9.69 Å². The molecule has 0 saturated carbocycles. The highest BCUT2D eigenvalue weighted by Gasteiger charge is 2.31. The molecule has 3 aliphatic rings. The molecule has 1 aromatic rings. The molecule has 0 bridgehead atoms. The summed E-state index contributed by atoms with van der Waals surface area (Å²) >= 11 is 6.33. The molecule has 1 aromatic carbocycles. The first kappa shape index (κ1) is 22.5. The van der Waals surface area contributed by atoms with Crippen LogP contribution in [0.4, 0.5) is 0 Å². The van der Waals surface area contributed by atoms with E-state index in [1.54, 1.807) is 6.07 Å². The summed E-state index contributed by atoms with van der Waals surface area (Å²) in [6.45, 7) is 4.47. The Labute approximate surface area is 187 Å². The third kappa shape index (κ3) is 5.19. The second kappa shape index (κ2) is 10.3. The zero-order valence-electron chi connectivity index (χ0n) is 17.9. The normalized spacial score (nSPS) is 26.4. The van der Waals surface area contributed by atoms with Crippen molar-refractivity contribution in [1.29, 1.82) is 0 Å². The summed E-state index contributed by atoms with van der Waals surface area (Å²) in [4.78, 5) is 15.2. The maximum absolute atomic E-state index is 13.0. The number of carbonyl (C=O) groups excluding carboxylic acids is 1. The monoisotopic (exact) mass is 454 g/mol. The highest BCUT2D eigenvalue weighted by Crippen LogP contribution is 2.46. The van der Waals surface area contributed by atoms with Crippen LogP contribution in [0.15, 0.2) is 6.07 Å². The van der Waals surface area contributed by atoms with Gasteiger partial charge in [-0.1, -0.05) is 11.6 Å². The molecule has 3 heterocycles. The van der Waals surface area contributed by atoms with Crippen LogP contribution in [0.5, 0.6) is 17.2 Å². The molecular formula is C22H31ClN2O6. The number of ether oxygens (including phenoxy) is 4. The van der Waals surface area contributed by atoms with E-state index < -0.39 is 6.10 Å². The lowest BCUT2D eigenvalue weighted by Crippen LogP contribution is -2.49. The number of hydrogen-bond acceptors (Lipinski definition) is 7. The molecule has 2 saturated heterocycles. The molecule has 1 amide bonds. The number of benzene rings is 1. The van der Waals surface area contributed by atoms with E-state index in [4.69, 9.17) is 30.5 Å². The van der Waals surface area contributed by atoms with Crippen molar-refractivity contribution in [2.45, 2.75) is 37.9 Å². The van der Waals surface area contributed by atoms with Crippen LogP contribution in [0, 0.1) is 5.92 Å². The van der Waals surface area contributed by atoms with Crippen LogP contribution in [-0.2, 0) is 4.74 Å². The van der Waals surface area contributed by atoms with Gasteiger partial charge in [-0.25, -0.2) is 0 Å². The zero-order chi connectivity index (χ0) is 21.8. The van der Waals surface area contributed by atoms with E-state index in [-0.39, 0.29) is 17.9 Å². The van der Waals surface area contributed by atoms with Gasteiger partial charge in [0, 0.05) is 38.6 Å². The number of nitrogens with zero attached hydrogens (tertiary/aromatic N) is 1. The summed E-state index contributed by atoms with van der Waals surface area (Å²) in [7, 11) is 1.50. The summed E-state index contributed by atoms with van der Waals surface area (Å²) in [6, 6.07) is 1.55. The maximum atomic E-state index is 13.0. The second-order valence-electron chi connectivity index (χ2n) is 8.37. The van der Waals surface area contributed by atoms with E-state index >= 15 is 0 Å². The lowest BCUT2D eigenvalue weighted by atomic mass is 9.93. The summed E-state index contributed by atoms with van der Waals surface area (Å²) in [6.07, 6.45) is 3.51. The Balaban J connectivity index is 1.37. The van der Waals surface area contributed by atoms with Crippen molar-refractivity contribution in [1.82, 2.24) is 10.2 Å². The van der Waals surface area contributed by atoms with E-state index in [0.29, 0.717) is 60.6 Å². The molecule has 0 aromatic heterocycles. The van der Waals surface area contributed by atoms with Crippen LogP contribution in [0.25, 0.3) is 0 Å². The molecule has 2 fully saturated rings. The van der Waals surface area contributed by atoms with Gasteiger partial charge in [0.1, 0.15) is 0 Å². The Morgan fingerprint density at radius 3 is 2.77 bits per heavy atom. The van der Waals surface area contributed by atoms with E-state index in [0.717, 1.165) is 39.0 Å². The average molecular weight is 455 g/mol. The van der Waals surface area contributed by atoms with E-state index in [2.05, 4.69) is 10.2 Å². The number of piperidine rings is 1. The first-order valence-corrected chi connectivity index (χ1v) is 11.4. The van der Waals surface area contributed by atoms with Gasteiger partial charge in [0.15, 0.2) is 11.5 Å². The Morgan fingerprint density at radius 2 is 2.06 bits per heavy atom. The third-order valence-electron chi connectivity index (χ3n) is 6.19. The van der Waals surface area contributed by atoms with Gasteiger partial charge >= 0.3 is 0 Å². The summed E-state index contributed by atoms with van der Waals surface area (Å²) in [5.74, 6) is 0.766. The van der Waals surface area contributed by atoms with Crippen LogP contribution in [-0.4, -0.2) is 81.2 Å². The molecule has 0 spiro atoms. The van der Waals surface area contributed by atoms with Gasteiger partial charge in [0.25, 0.3) is 5.91 Å². The van der Waals surface area contributed by atoms with Gasteiger partial charge in [-0.05, 0) is 31.9 Å². The predicted molar refractivity (Wildman–Crippen MR) is 115 cm³/mol. The maximum Gasteiger partial charge on any atom is 0.255 e. The second-order valence-corrected chi connectivity index (χ2v) is 8.78. The molecule has 0 aliphatic carbocycles. The van der Waals surface area contributed by atoms with Crippen LogP contribution in [0.2, 0.25) is 5.02 Å². The Kier molecular flexibility index (Phi) is 7.43. The summed E-state index contributed by atoms with van der Waals surface area (Å²) < 4.78 is 22.6. The number of aliphatic hydroxyl groups excluding tert-OH is 1. The molecule has 4 rings (SSSR count). The molecule has 3 atom stereocenters. The van der Waals surface area contributed by atoms with Gasteiger partial charge < -0.3 is 29.4 Å². The lowest BCUT2D eigenvalue weighted by molar-refractivity contribution is -0.00191. The number of hydrogen-bond donors (Lipinski definition) is 2. The van der Waals surface area contributed by atoms with Crippen LogP contribution < -0.4 is 19.5 Å².